The molecule has 0 aliphatic carbocycles. The van der Waals surface area contributed by atoms with Crippen LogP contribution >= 0.6 is 27.3 Å². The number of hydrogen-bond donors (Lipinski definition) is 1. The summed E-state index contributed by atoms with van der Waals surface area (Å²) < 4.78 is 11.8. The van der Waals surface area contributed by atoms with E-state index in [1.165, 1.54) is 11.8 Å². The van der Waals surface area contributed by atoms with E-state index in [2.05, 4.69) is 26.3 Å². The Bertz CT molecular complexity index is 887. The molecule has 8 nitrogen and oxygen atoms in total. The summed E-state index contributed by atoms with van der Waals surface area (Å²) >= 11 is 4.30. The average Bonchev–Trinajstić information content (AvgIpc) is 3.03. The first-order valence-electron chi connectivity index (χ1n) is 7.62. The van der Waals surface area contributed by atoms with E-state index in [-0.39, 0.29) is 22.0 Å². The predicted molar refractivity (Wildman–Crippen MR) is 100.0 cm³/mol. The van der Waals surface area contributed by atoms with Crippen LogP contribution in [0.3, 0.4) is 0 Å². The number of halogens is 1. The highest BCUT2D eigenvalue weighted by Crippen LogP contribution is 2.35. The van der Waals surface area contributed by atoms with Crippen LogP contribution in [-0.4, -0.2) is 41.3 Å². The van der Waals surface area contributed by atoms with Crippen molar-refractivity contribution in [2.75, 3.05) is 19.0 Å². The Morgan fingerprint density at radius 2 is 1.92 bits per heavy atom. The molecule has 1 N–H and O–H groups in total. The molecular weight excluding hydrogens is 426 g/mol. The summed E-state index contributed by atoms with van der Waals surface area (Å²) in [6, 6.07) is 0. The normalized spacial score (nSPS) is 10.5. The van der Waals surface area contributed by atoms with Gasteiger partial charge in [-0.2, -0.15) is 5.10 Å². The van der Waals surface area contributed by atoms with Crippen molar-refractivity contribution in [2.24, 2.45) is 7.05 Å². The molecule has 2 rings (SSSR count). The highest BCUT2D eigenvalue weighted by Gasteiger charge is 2.28. The van der Waals surface area contributed by atoms with Gasteiger partial charge in [-0.15, -0.1) is 11.3 Å². The van der Waals surface area contributed by atoms with Gasteiger partial charge in [0.25, 0.3) is 5.91 Å². The lowest BCUT2D eigenvalue weighted by Crippen LogP contribution is -2.18. The topological polar surface area (TPSA) is 99.5 Å². The number of hydrogen-bond acceptors (Lipinski definition) is 7. The zero-order valence-electron chi connectivity index (χ0n) is 14.9. The maximum absolute atomic E-state index is 12.7. The first-order chi connectivity index (χ1) is 12.2. The van der Waals surface area contributed by atoms with Crippen LogP contribution in [-0.2, 0) is 16.5 Å². The minimum Gasteiger partial charge on any atom is -0.465 e. The van der Waals surface area contributed by atoms with Crippen LogP contribution in [0.5, 0.6) is 0 Å². The molecule has 0 saturated carbocycles. The number of anilines is 1. The number of esters is 2. The molecule has 0 atom stereocenters. The average molecular weight is 444 g/mol. The summed E-state index contributed by atoms with van der Waals surface area (Å²) in [5.74, 6) is -1.68. The third kappa shape index (κ3) is 3.65. The molecule has 2 aromatic heterocycles. The van der Waals surface area contributed by atoms with Gasteiger partial charge in [0.2, 0.25) is 0 Å². The van der Waals surface area contributed by atoms with Gasteiger partial charge < -0.3 is 14.8 Å². The summed E-state index contributed by atoms with van der Waals surface area (Å²) in [6.45, 7) is 5.25. The van der Waals surface area contributed by atoms with E-state index in [4.69, 9.17) is 9.47 Å². The highest BCUT2D eigenvalue weighted by atomic mass is 79.9. The first-order valence-corrected chi connectivity index (χ1v) is 9.23. The third-order valence-electron chi connectivity index (χ3n) is 3.59. The van der Waals surface area contributed by atoms with Crippen LogP contribution < -0.4 is 5.32 Å². The minimum atomic E-state index is -0.648. The van der Waals surface area contributed by atoms with Gasteiger partial charge in [-0.3, -0.25) is 9.48 Å². The van der Waals surface area contributed by atoms with E-state index < -0.39 is 17.8 Å². The molecule has 0 saturated heterocycles. The van der Waals surface area contributed by atoms with Crippen LogP contribution in [0.25, 0.3) is 0 Å². The van der Waals surface area contributed by atoms with Crippen molar-refractivity contribution in [3.05, 3.63) is 31.9 Å². The molecule has 0 fully saturated rings. The van der Waals surface area contributed by atoms with Crippen molar-refractivity contribution < 1.29 is 23.9 Å². The molecule has 1 amide bonds. The molecule has 0 unspecified atom stereocenters. The SMILES string of the molecule is CCOC(=O)c1sc(NC(=O)c2c(Br)c(C)nn2C)c(C(=O)OC)c1C. The van der Waals surface area contributed by atoms with E-state index >= 15 is 0 Å². The maximum atomic E-state index is 12.7. The van der Waals surface area contributed by atoms with Gasteiger partial charge in [-0.05, 0) is 42.3 Å². The van der Waals surface area contributed by atoms with Crippen molar-refractivity contribution in [1.29, 1.82) is 0 Å². The fourth-order valence-electron chi connectivity index (χ4n) is 2.38. The quantitative estimate of drug-likeness (QED) is 0.712. The van der Waals surface area contributed by atoms with Crippen molar-refractivity contribution in [3.8, 4) is 0 Å². The van der Waals surface area contributed by atoms with Crippen molar-refractivity contribution in [3.63, 3.8) is 0 Å². The number of thiophene rings is 1. The number of nitrogens with zero attached hydrogens (tertiary/aromatic N) is 2. The number of carbonyl (C=O) groups excluding carboxylic acids is 3. The summed E-state index contributed by atoms with van der Waals surface area (Å²) in [4.78, 5) is 37.2. The zero-order chi connectivity index (χ0) is 19.6. The van der Waals surface area contributed by atoms with Gasteiger partial charge in [-0.25, -0.2) is 9.59 Å². The van der Waals surface area contributed by atoms with Gasteiger partial charge >= 0.3 is 11.9 Å². The Hall–Kier alpha value is -2.20. The second-order valence-electron chi connectivity index (χ2n) is 5.30. The molecule has 0 aliphatic heterocycles. The van der Waals surface area contributed by atoms with Gasteiger partial charge in [-0.1, -0.05) is 0 Å². The van der Waals surface area contributed by atoms with E-state index in [9.17, 15) is 14.4 Å². The van der Waals surface area contributed by atoms with Gasteiger partial charge in [0.15, 0.2) is 0 Å². The highest BCUT2D eigenvalue weighted by molar-refractivity contribution is 9.10. The largest absolute Gasteiger partial charge is 0.465 e. The van der Waals surface area contributed by atoms with E-state index in [0.717, 1.165) is 11.3 Å². The lowest BCUT2D eigenvalue weighted by atomic mass is 10.1. The smallest absolute Gasteiger partial charge is 0.348 e. The van der Waals surface area contributed by atoms with Crippen LogP contribution in [0.4, 0.5) is 5.00 Å². The molecule has 0 radical (unpaired) electrons. The Morgan fingerprint density at radius 3 is 2.42 bits per heavy atom. The lowest BCUT2D eigenvalue weighted by molar-refractivity contribution is 0.0531. The van der Waals surface area contributed by atoms with Crippen LogP contribution in [0.2, 0.25) is 0 Å². The molecule has 10 heteroatoms. The second kappa shape index (κ2) is 8.00. The Balaban J connectivity index is 2.47. The van der Waals surface area contributed by atoms with E-state index in [1.54, 1.807) is 27.8 Å². The minimum absolute atomic E-state index is 0.129. The Labute approximate surface area is 162 Å². The fourth-order valence-corrected chi connectivity index (χ4v) is 3.98. The van der Waals surface area contributed by atoms with Crippen LogP contribution in [0.15, 0.2) is 4.47 Å². The van der Waals surface area contributed by atoms with Gasteiger partial charge in [0.05, 0.1) is 29.4 Å². The van der Waals surface area contributed by atoms with Crippen molar-refractivity contribution in [2.45, 2.75) is 20.8 Å². The number of aryl methyl sites for hydroxylation is 2. The summed E-state index contributed by atoms with van der Waals surface area (Å²) in [7, 11) is 2.87. The second-order valence-corrected chi connectivity index (χ2v) is 7.11. The zero-order valence-corrected chi connectivity index (χ0v) is 17.3. The maximum Gasteiger partial charge on any atom is 0.348 e. The molecule has 0 aliphatic rings. The van der Waals surface area contributed by atoms with Crippen molar-refractivity contribution >= 4 is 50.1 Å². The molecular formula is C16H18BrN3O5S. The fraction of sp³-hybridized carbons (Fsp3) is 0.375. The molecule has 0 aromatic carbocycles. The number of nitrogens with one attached hydrogen (secondary N) is 1. The molecule has 0 bridgehead atoms. The molecule has 2 heterocycles. The monoisotopic (exact) mass is 443 g/mol. The van der Waals surface area contributed by atoms with Crippen LogP contribution in [0.1, 0.15) is 48.7 Å². The van der Waals surface area contributed by atoms with Crippen LogP contribution in [0, 0.1) is 13.8 Å². The molecule has 140 valence electrons. The number of ether oxygens (including phenoxy) is 2. The summed E-state index contributed by atoms with van der Waals surface area (Å²) in [5, 5.41) is 7.06. The number of amides is 1. The molecule has 0 spiro atoms. The number of rotatable bonds is 5. The van der Waals surface area contributed by atoms with E-state index in [1.807, 2.05) is 0 Å². The Morgan fingerprint density at radius 1 is 1.27 bits per heavy atom. The van der Waals surface area contributed by atoms with Crippen molar-refractivity contribution in [1.82, 2.24) is 9.78 Å². The standard InChI is InChI=1S/C16H18BrN3O5S/c1-6-25-16(23)12-7(2)9(15(22)24-5)14(26-12)18-13(21)11-10(17)8(3)19-20(11)4/h6H2,1-5H3,(H,18,21). The van der Waals surface area contributed by atoms with Gasteiger partial charge in [0, 0.05) is 7.05 Å². The summed E-state index contributed by atoms with van der Waals surface area (Å²) in [5.41, 5.74) is 1.47. The molecule has 2 aromatic rings. The first kappa shape index (κ1) is 20.1. The van der Waals surface area contributed by atoms with Gasteiger partial charge in [0.1, 0.15) is 15.6 Å². The lowest BCUT2D eigenvalue weighted by Gasteiger charge is -2.06. The number of aromatic nitrogens is 2. The third-order valence-corrected chi connectivity index (χ3v) is 5.73. The predicted octanol–water partition coefficient (Wildman–Crippen LogP) is 3.08. The Kier molecular flexibility index (Phi) is 6.19. The number of methoxy groups -OCH3 is 1. The summed E-state index contributed by atoms with van der Waals surface area (Å²) in [6.07, 6.45) is 0. The number of carbonyl (C=O) groups is 3. The molecule has 26 heavy (non-hydrogen) atoms. The van der Waals surface area contributed by atoms with E-state index in [0.29, 0.717) is 21.4 Å².